The molecule has 0 spiro atoms. The number of nitrogens with zero attached hydrogens (tertiary/aromatic N) is 4. The Morgan fingerprint density at radius 1 is 1.12 bits per heavy atom. The van der Waals surface area contributed by atoms with E-state index in [2.05, 4.69) is 15.6 Å². The largest absolute Gasteiger partial charge is 0.388 e. The summed E-state index contributed by atoms with van der Waals surface area (Å²) in [4.78, 5) is 19.1. The molecule has 3 saturated carbocycles. The molecule has 0 aliphatic heterocycles. The number of anilines is 2. The predicted octanol–water partition coefficient (Wildman–Crippen LogP) is 4.24. The summed E-state index contributed by atoms with van der Waals surface area (Å²) in [5, 5.41) is 29.8. The quantitative estimate of drug-likeness (QED) is 0.254. The van der Waals surface area contributed by atoms with Gasteiger partial charge in [0.25, 0.3) is 0 Å². The van der Waals surface area contributed by atoms with Crippen molar-refractivity contribution in [3.8, 4) is 10.6 Å². The lowest BCUT2D eigenvalue weighted by atomic mass is 10.0. The normalized spacial score (nSPS) is 25.6. The van der Waals surface area contributed by atoms with Gasteiger partial charge in [0.1, 0.15) is 32.3 Å². The first-order valence-electron chi connectivity index (χ1n) is 14.3. The summed E-state index contributed by atoms with van der Waals surface area (Å²) in [6.45, 7) is 2.65. The number of thiazole rings is 1. The Labute approximate surface area is 239 Å². The van der Waals surface area contributed by atoms with Gasteiger partial charge in [0.05, 0.1) is 27.4 Å². The fourth-order valence-electron chi connectivity index (χ4n) is 6.33. The number of hydrogen-bond acceptors (Lipinski definition) is 11. The number of aryl methyl sites for hydroxylation is 1. The standard InChI is InChI=1S/C28H38N6O4S2/c1-16-21(26-32-23-20(39-26)11-14-29-22(23)18-7-8-18)25(33-27(31-16)30-13-10-17-5-3-4-6-17)34-28(36)12-9-19(24(28)35)15-40(2,37)38/h11,14,17-19,24,35-36H,3-10,12-13,15H2,1-2H3,(H2,30,31,33,34). The van der Waals surface area contributed by atoms with Gasteiger partial charge in [-0.3, -0.25) is 4.98 Å². The number of pyridine rings is 1. The van der Waals surface area contributed by atoms with E-state index in [9.17, 15) is 18.6 Å². The lowest BCUT2D eigenvalue weighted by Crippen LogP contribution is -2.48. The maximum atomic E-state index is 11.9. The molecule has 3 aromatic heterocycles. The van der Waals surface area contributed by atoms with Gasteiger partial charge < -0.3 is 20.8 Å². The summed E-state index contributed by atoms with van der Waals surface area (Å²) in [7, 11) is -3.32. The van der Waals surface area contributed by atoms with Crippen LogP contribution in [0.15, 0.2) is 12.3 Å². The highest BCUT2D eigenvalue weighted by Crippen LogP contribution is 2.45. The fourth-order valence-corrected chi connectivity index (χ4v) is 8.52. The summed E-state index contributed by atoms with van der Waals surface area (Å²) in [6, 6.07) is 1.97. The van der Waals surface area contributed by atoms with Crippen LogP contribution in [0.1, 0.15) is 75.1 Å². The van der Waals surface area contributed by atoms with E-state index in [1.165, 1.54) is 37.0 Å². The fraction of sp³-hybridized carbons (Fsp3) is 0.643. The first kappa shape index (κ1) is 27.7. The number of fused-ring (bicyclic) bond motifs is 1. The second-order valence-electron chi connectivity index (χ2n) is 11.9. The number of rotatable bonds is 10. The van der Waals surface area contributed by atoms with Crippen LogP contribution < -0.4 is 10.6 Å². The Morgan fingerprint density at radius 2 is 1.90 bits per heavy atom. The first-order valence-corrected chi connectivity index (χ1v) is 17.2. The number of hydrogen-bond donors (Lipinski definition) is 4. The molecule has 40 heavy (non-hydrogen) atoms. The molecule has 3 heterocycles. The summed E-state index contributed by atoms with van der Waals surface area (Å²) < 4.78 is 24.9. The van der Waals surface area contributed by atoms with Crippen molar-refractivity contribution in [1.29, 1.82) is 0 Å². The third-order valence-electron chi connectivity index (χ3n) is 8.60. The van der Waals surface area contributed by atoms with Crippen molar-refractivity contribution >= 4 is 43.2 Å². The van der Waals surface area contributed by atoms with Crippen LogP contribution in [0, 0.1) is 18.8 Å². The van der Waals surface area contributed by atoms with Crippen LogP contribution >= 0.6 is 11.3 Å². The van der Waals surface area contributed by atoms with E-state index in [1.54, 1.807) is 0 Å². The van der Waals surface area contributed by atoms with Crippen molar-refractivity contribution in [3.05, 3.63) is 23.7 Å². The third-order valence-corrected chi connectivity index (χ3v) is 10.7. The number of sulfone groups is 1. The van der Waals surface area contributed by atoms with Gasteiger partial charge in [-0.15, -0.1) is 11.3 Å². The average molecular weight is 587 g/mol. The van der Waals surface area contributed by atoms with Crippen molar-refractivity contribution in [2.75, 3.05) is 29.2 Å². The highest BCUT2D eigenvalue weighted by Gasteiger charge is 2.48. The van der Waals surface area contributed by atoms with Crippen LogP contribution in [0.5, 0.6) is 0 Å². The number of aromatic nitrogens is 4. The molecule has 3 aliphatic rings. The molecule has 0 bridgehead atoms. The molecule has 3 aliphatic carbocycles. The van der Waals surface area contributed by atoms with Crippen LogP contribution in [0.4, 0.5) is 11.8 Å². The second kappa shape index (κ2) is 10.8. The minimum atomic E-state index is -3.32. The highest BCUT2D eigenvalue weighted by molar-refractivity contribution is 7.90. The zero-order valence-corrected chi connectivity index (χ0v) is 24.7. The van der Waals surface area contributed by atoms with E-state index < -0.39 is 27.6 Å². The topological polar surface area (TPSA) is 150 Å². The summed E-state index contributed by atoms with van der Waals surface area (Å²) in [5.41, 5.74) is 1.54. The molecule has 3 unspecified atom stereocenters. The van der Waals surface area contributed by atoms with Gasteiger partial charge in [0.15, 0.2) is 5.72 Å². The smallest absolute Gasteiger partial charge is 0.224 e. The Balaban J connectivity index is 1.34. The molecule has 3 atom stereocenters. The molecular formula is C28H38N6O4S2. The molecule has 12 heteroatoms. The zero-order chi connectivity index (χ0) is 28.1. The van der Waals surface area contributed by atoms with Gasteiger partial charge in [-0.1, -0.05) is 25.7 Å². The van der Waals surface area contributed by atoms with Gasteiger partial charge in [0, 0.05) is 30.8 Å². The summed E-state index contributed by atoms with van der Waals surface area (Å²) in [6.07, 6.45) is 10.7. The molecule has 0 aromatic carbocycles. The molecule has 6 rings (SSSR count). The number of nitrogens with one attached hydrogen (secondary N) is 2. The van der Waals surface area contributed by atoms with Crippen LogP contribution in [0.3, 0.4) is 0 Å². The van der Waals surface area contributed by atoms with Gasteiger partial charge >= 0.3 is 0 Å². The van der Waals surface area contributed by atoms with E-state index >= 15 is 0 Å². The molecule has 0 radical (unpaired) electrons. The van der Waals surface area contributed by atoms with E-state index in [4.69, 9.17) is 15.0 Å². The van der Waals surface area contributed by atoms with Gasteiger partial charge in [-0.05, 0) is 51.0 Å². The van der Waals surface area contributed by atoms with E-state index in [0.29, 0.717) is 40.4 Å². The van der Waals surface area contributed by atoms with Gasteiger partial charge in [-0.25, -0.2) is 18.4 Å². The Hall–Kier alpha value is -2.41. The van der Waals surface area contributed by atoms with Crippen molar-refractivity contribution in [2.45, 2.75) is 82.5 Å². The van der Waals surface area contributed by atoms with E-state index in [0.717, 1.165) is 53.9 Å². The first-order chi connectivity index (χ1) is 19.1. The lowest BCUT2D eigenvalue weighted by Gasteiger charge is -2.31. The Kier molecular flexibility index (Phi) is 7.47. The summed E-state index contributed by atoms with van der Waals surface area (Å²) in [5.74, 6) is 1.24. The van der Waals surface area contributed by atoms with Crippen molar-refractivity contribution in [2.24, 2.45) is 11.8 Å². The molecule has 216 valence electrons. The zero-order valence-electron chi connectivity index (χ0n) is 23.1. The van der Waals surface area contributed by atoms with Crippen LogP contribution in [-0.4, -0.2) is 68.9 Å². The van der Waals surface area contributed by atoms with Gasteiger partial charge in [-0.2, -0.15) is 4.98 Å². The van der Waals surface area contributed by atoms with Crippen LogP contribution in [-0.2, 0) is 9.84 Å². The van der Waals surface area contributed by atoms with Crippen molar-refractivity contribution in [3.63, 3.8) is 0 Å². The maximum absolute atomic E-state index is 11.9. The SMILES string of the molecule is Cc1nc(NCCC2CCCC2)nc(NC2(O)CCC(CS(C)(=O)=O)C2O)c1-c1nc2c(C3CC3)nccc2s1. The van der Waals surface area contributed by atoms with E-state index in [-0.39, 0.29) is 12.2 Å². The van der Waals surface area contributed by atoms with Crippen LogP contribution in [0.2, 0.25) is 0 Å². The van der Waals surface area contributed by atoms with Crippen molar-refractivity contribution in [1.82, 2.24) is 19.9 Å². The lowest BCUT2D eigenvalue weighted by molar-refractivity contribution is -0.0442. The molecule has 3 fully saturated rings. The second-order valence-corrected chi connectivity index (χ2v) is 15.2. The number of aliphatic hydroxyl groups excluding tert-OH is 1. The molecule has 0 amide bonds. The highest BCUT2D eigenvalue weighted by atomic mass is 32.2. The predicted molar refractivity (Wildman–Crippen MR) is 157 cm³/mol. The monoisotopic (exact) mass is 586 g/mol. The van der Waals surface area contributed by atoms with Crippen LogP contribution in [0.25, 0.3) is 20.8 Å². The average Bonchev–Trinajstić information content (AvgIpc) is 3.31. The molecule has 4 N–H and O–H groups in total. The molecule has 3 aromatic rings. The minimum Gasteiger partial charge on any atom is -0.388 e. The molecule has 10 nitrogen and oxygen atoms in total. The Bertz CT molecular complexity index is 1500. The maximum Gasteiger partial charge on any atom is 0.224 e. The molecular weight excluding hydrogens is 548 g/mol. The molecule has 0 saturated heterocycles. The van der Waals surface area contributed by atoms with Crippen molar-refractivity contribution < 1.29 is 18.6 Å². The number of aliphatic hydroxyl groups is 2. The summed E-state index contributed by atoms with van der Waals surface area (Å²) >= 11 is 1.53. The third kappa shape index (κ3) is 5.81. The Morgan fingerprint density at radius 3 is 2.62 bits per heavy atom. The minimum absolute atomic E-state index is 0.184. The van der Waals surface area contributed by atoms with Gasteiger partial charge in [0.2, 0.25) is 5.95 Å². The van der Waals surface area contributed by atoms with E-state index in [1.807, 2.05) is 19.2 Å².